The number of nitrogens with zero attached hydrogens (tertiary/aromatic N) is 2. The van der Waals surface area contributed by atoms with Crippen LogP contribution in [0.15, 0.2) is 36.4 Å². The Labute approximate surface area is 126 Å². The molecule has 0 atom stereocenters. The topological polar surface area (TPSA) is 120 Å². The lowest BCUT2D eigenvalue weighted by molar-refractivity contribution is -0.384. The third kappa shape index (κ3) is 3.48. The Bertz CT molecular complexity index is 718. The number of para-hydroxylation sites is 1. The Balaban J connectivity index is 2.09. The zero-order chi connectivity index (χ0) is 16.1. The van der Waals surface area contributed by atoms with Crippen LogP contribution in [0, 0.1) is 10.1 Å². The highest BCUT2D eigenvalue weighted by Gasteiger charge is 2.14. The van der Waals surface area contributed by atoms with Crippen molar-refractivity contribution >= 4 is 23.2 Å². The van der Waals surface area contributed by atoms with E-state index in [1.807, 2.05) is 0 Å². The molecule has 0 aliphatic heterocycles. The first-order valence-corrected chi connectivity index (χ1v) is 6.34. The van der Waals surface area contributed by atoms with Gasteiger partial charge in [0.15, 0.2) is 0 Å². The summed E-state index contributed by atoms with van der Waals surface area (Å²) >= 11 is 0. The van der Waals surface area contributed by atoms with Crippen LogP contribution >= 0.6 is 0 Å². The first-order valence-electron chi connectivity index (χ1n) is 6.34. The van der Waals surface area contributed by atoms with E-state index in [0.29, 0.717) is 5.75 Å². The van der Waals surface area contributed by atoms with Gasteiger partial charge in [0.05, 0.1) is 18.5 Å². The van der Waals surface area contributed by atoms with Gasteiger partial charge in [-0.1, -0.05) is 18.2 Å². The van der Waals surface area contributed by atoms with Crippen molar-refractivity contribution in [1.29, 1.82) is 0 Å². The predicted octanol–water partition coefficient (Wildman–Crippen LogP) is 1.76. The number of hydrogen-bond acceptors (Lipinski definition) is 6. The van der Waals surface area contributed by atoms with E-state index in [1.54, 1.807) is 24.3 Å². The maximum atomic E-state index is 12.0. The Morgan fingerprint density at radius 3 is 2.73 bits per heavy atom. The molecule has 2 rings (SSSR count). The second-order valence-corrected chi connectivity index (χ2v) is 4.39. The highest BCUT2D eigenvalue weighted by atomic mass is 16.6. The number of ether oxygens (including phenoxy) is 1. The number of benzene rings is 1. The Hall–Kier alpha value is -3.16. The number of carbonyl (C=O) groups is 1. The molecule has 114 valence electrons. The molecule has 0 saturated carbocycles. The number of aromatic nitrogens is 1. The fraction of sp³-hybridized carbons (Fsp3) is 0.143. The molecule has 8 heteroatoms. The van der Waals surface area contributed by atoms with E-state index in [9.17, 15) is 14.9 Å². The van der Waals surface area contributed by atoms with Gasteiger partial charge in [0.1, 0.15) is 11.6 Å². The first-order chi connectivity index (χ1) is 10.5. The number of anilines is 2. The summed E-state index contributed by atoms with van der Waals surface area (Å²) in [4.78, 5) is 25.8. The molecule has 0 radical (unpaired) electrons. The number of methoxy groups -OCH3 is 1. The molecular formula is C14H14N4O4. The van der Waals surface area contributed by atoms with E-state index in [2.05, 4.69) is 10.3 Å². The van der Waals surface area contributed by atoms with E-state index in [1.165, 1.54) is 19.2 Å². The number of hydrogen-bond donors (Lipinski definition) is 2. The van der Waals surface area contributed by atoms with Crippen LogP contribution in [0.1, 0.15) is 5.56 Å². The monoisotopic (exact) mass is 302 g/mol. The fourth-order valence-electron chi connectivity index (χ4n) is 1.90. The van der Waals surface area contributed by atoms with Gasteiger partial charge in [-0.15, -0.1) is 0 Å². The van der Waals surface area contributed by atoms with Crippen LogP contribution in [0.2, 0.25) is 0 Å². The standard InChI is InChI=1S/C14H14N4O4/c1-22-11-5-3-2-4-9(11)8-13(19)16-12-7-6-10(18(20)21)14(15)17-12/h2-7H,8H2,1H3,(H3,15,16,17,19). The van der Waals surface area contributed by atoms with Crippen molar-refractivity contribution in [2.24, 2.45) is 0 Å². The van der Waals surface area contributed by atoms with E-state index < -0.39 is 4.92 Å². The number of nitrogen functional groups attached to an aromatic ring is 1. The van der Waals surface area contributed by atoms with Crippen molar-refractivity contribution in [2.75, 3.05) is 18.2 Å². The Kier molecular flexibility index (Phi) is 4.52. The van der Waals surface area contributed by atoms with Crippen LogP contribution in [-0.2, 0) is 11.2 Å². The highest BCUT2D eigenvalue weighted by Crippen LogP contribution is 2.21. The molecule has 1 aromatic heterocycles. The van der Waals surface area contributed by atoms with Crippen molar-refractivity contribution in [2.45, 2.75) is 6.42 Å². The quantitative estimate of drug-likeness (QED) is 0.641. The van der Waals surface area contributed by atoms with E-state index in [0.717, 1.165) is 5.56 Å². The lowest BCUT2D eigenvalue weighted by atomic mass is 10.1. The van der Waals surface area contributed by atoms with Gasteiger partial charge in [-0.3, -0.25) is 14.9 Å². The van der Waals surface area contributed by atoms with Gasteiger partial charge < -0.3 is 15.8 Å². The van der Waals surface area contributed by atoms with Crippen LogP contribution < -0.4 is 15.8 Å². The van der Waals surface area contributed by atoms with Crippen molar-refractivity contribution in [1.82, 2.24) is 4.98 Å². The molecule has 0 saturated heterocycles. The summed E-state index contributed by atoms with van der Waals surface area (Å²) in [5.74, 6) is 0.183. The van der Waals surface area contributed by atoms with Crippen LogP contribution in [0.4, 0.5) is 17.3 Å². The average Bonchev–Trinajstić information content (AvgIpc) is 2.47. The third-order valence-electron chi connectivity index (χ3n) is 2.91. The van der Waals surface area contributed by atoms with Crippen LogP contribution in [0.5, 0.6) is 5.75 Å². The number of carbonyl (C=O) groups excluding carboxylic acids is 1. The molecule has 0 aliphatic rings. The second-order valence-electron chi connectivity index (χ2n) is 4.39. The van der Waals surface area contributed by atoms with E-state index in [-0.39, 0.29) is 29.7 Å². The molecule has 2 aromatic rings. The minimum Gasteiger partial charge on any atom is -0.496 e. The summed E-state index contributed by atoms with van der Waals surface area (Å²) in [6.45, 7) is 0. The molecular weight excluding hydrogens is 288 g/mol. The van der Waals surface area contributed by atoms with Crippen LogP contribution in [0.25, 0.3) is 0 Å². The number of rotatable bonds is 5. The maximum absolute atomic E-state index is 12.0. The molecule has 8 nitrogen and oxygen atoms in total. The molecule has 0 unspecified atom stereocenters. The minimum atomic E-state index is -0.636. The SMILES string of the molecule is COc1ccccc1CC(=O)Nc1ccc([N+](=O)[O-])c(N)n1. The second kappa shape index (κ2) is 6.53. The van der Waals surface area contributed by atoms with Gasteiger partial charge in [-0.25, -0.2) is 4.98 Å². The number of amides is 1. The summed E-state index contributed by atoms with van der Waals surface area (Å²) < 4.78 is 5.17. The lowest BCUT2D eigenvalue weighted by Crippen LogP contribution is -2.16. The van der Waals surface area contributed by atoms with Gasteiger partial charge in [0, 0.05) is 11.6 Å². The van der Waals surface area contributed by atoms with Gasteiger partial charge in [-0.2, -0.15) is 0 Å². The smallest absolute Gasteiger partial charge is 0.311 e. The summed E-state index contributed by atoms with van der Waals surface area (Å²) in [5.41, 5.74) is 5.89. The molecule has 3 N–H and O–H groups in total. The Morgan fingerprint density at radius 1 is 1.36 bits per heavy atom. The van der Waals surface area contributed by atoms with E-state index in [4.69, 9.17) is 10.5 Å². The van der Waals surface area contributed by atoms with Crippen LogP contribution in [0.3, 0.4) is 0 Å². The van der Waals surface area contributed by atoms with Gasteiger partial charge >= 0.3 is 5.69 Å². The molecule has 0 fully saturated rings. The van der Waals surface area contributed by atoms with Crippen molar-refractivity contribution < 1.29 is 14.5 Å². The van der Waals surface area contributed by atoms with Crippen molar-refractivity contribution in [3.63, 3.8) is 0 Å². The number of nitro groups is 1. The lowest BCUT2D eigenvalue weighted by Gasteiger charge is -2.08. The van der Waals surface area contributed by atoms with Gasteiger partial charge in [0.2, 0.25) is 11.7 Å². The average molecular weight is 302 g/mol. The summed E-state index contributed by atoms with van der Waals surface area (Å²) in [6.07, 6.45) is 0.0859. The zero-order valence-electron chi connectivity index (χ0n) is 11.8. The molecule has 1 amide bonds. The molecule has 0 bridgehead atoms. The molecule has 1 aromatic carbocycles. The number of nitrogens with one attached hydrogen (secondary N) is 1. The van der Waals surface area contributed by atoms with Crippen LogP contribution in [-0.4, -0.2) is 22.9 Å². The van der Waals surface area contributed by atoms with E-state index >= 15 is 0 Å². The summed E-state index contributed by atoms with van der Waals surface area (Å²) in [7, 11) is 1.52. The Morgan fingerprint density at radius 2 is 2.09 bits per heavy atom. The largest absolute Gasteiger partial charge is 0.496 e. The summed E-state index contributed by atoms with van der Waals surface area (Å²) in [6, 6.07) is 9.66. The van der Waals surface area contributed by atoms with Gasteiger partial charge in [0.25, 0.3) is 0 Å². The molecule has 0 aliphatic carbocycles. The summed E-state index contributed by atoms with van der Waals surface area (Å²) in [5, 5.41) is 13.2. The number of pyridine rings is 1. The normalized spacial score (nSPS) is 10.0. The van der Waals surface area contributed by atoms with Crippen molar-refractivity contribution in [3.8, 4) is 5.75 Å². The first kappa shape index (κ1) is 15.2. The predicted molar refractivity (Wildman–Crippen MR) is 80.6 cm³/mol. The zero-order valence-corrected chi connectivity index (χ0v) is 11.8. The molecule has 0 spiro atoms. The third-order valence-corrected chi connectivity index (χ3v) is 2.91. The maximum Gasteiger partial charge on any atom is 0.311 e. The number of nitrogens with two attached hydrogens (primary N) is 1. The van der Waals surface area contributed by atoms with Crippen molar-refractivity contribution in [3.05, 3.63) is 52.1 Å². The van der Waals surface area contributed by atoms with Gasteiger partial charge in [-0.05, 0) is 12.1 Å². The highest BCUT2D eigenvalue weighted by molar-refractivity contribution is 5.92. The fourth-order valence-corrected chi connectivity index (χ4v) is 1.90. The minimum absolute atomic E-state index is 0.0859. The molecule has 1 heterocycles. The molecule has 22 heavy (non-hydrogen) atoms.